The van der Waals surface area contributed by atoms with E-state index in [9.17, 15) is 4.39 Å². The van der Waals surface area contributed by atoms with Gasteiger partial charge in [-0.3, -0.25) is 4.98 Å². The lowest BCUT2D eigenvalue weighted by Gasteiger charge is -2.37. The van der Waals surface area contributed by atoms with Crippen LogP contribution in [0.25, 0.3) is 10.9 Å². The Labute approximate surface area is 157 Å². The van der Waals surface area contributed by atoms with Crippen molar-refractivity contribution in [3.63, 3.8) is 0 Å². The average molecular weight is 363 g/mol. The molecule has 0 N–H and O–H groups in total. The van der Waals surface area contributed by atoms with Crippen molar-refractivity contribution in [2.45, 2.75) is 25.7 Å². The summed E-state index contributed by atoms with van der Waals surface area (Å²) in [5.74, 6) is 1.44. The molecule has 0 atom stereocenters. The fourth-order valence-electron chi connectivity index (χ4n) is 3.81. The van der Waals surface area contributed by atoms with Gasteiger partial charge < -0.3 is 9.80 Å². The van der Waals surface area contributed by atoms with E-state index in [0.717, 1.165) is 55.7 Å². The molecule has 5 nitrogen and oxygen atoms in total. The van der Waals surface area contributed by atoms with Crippen LogP contribution in [0, 0.1) is 12.7 Å². The fourth-order valence-corrected chi connectivity index (χ4v) is 3.81. The first-order valence-corrected chi connectivity index (χ1v) is 9.58. The Hall–Kier alpha value is -2.76. The van der Waals surface area contributed by atoms with Crippen molar-refractivity contribution in [2.75, 3.05) is 36.0 Å². The number of anilines is 2. The van der Waals surface area contributed by atoms with Crippen LogP contribution in [0.4, 0.5) is 15.9 Å². The summed E-state index contributed by atoms with van der Waals surface area (Å²) in [6.07, 6.45) is 4.10. The van der Waals surface area contributed by atoms with E-state index >= 15 is 0 Å². The second kappa shape index (κ2) is 6.44. The van der Waals surface area contributed by atoms with Crippen LogP contribution in [0.3, 0.4) is 0 Å². The molecule has 0 bridgehead atoms. The number of halogens is 1. The summed E-state index contributed by atoms with van der Waals surface area (Å²) in [4.78, 5) is 17.8. The largest absolute Gasteiger partial charge is 0.367 e. The van der Waals surface area contributed by atoms with E-state index in [4.69, 9.17) is 0 Å². The third kappa shape index (κ3) is 2.99. The molecule has 0 amide bonds. The number of rotatable bonds is 3. The van der Waals surface area contributed by atoms with E-state index in [1.165, 1.54) is 5.69 Å². The molecule has 1 aliphatic carbocycles. The molecule has 0 unspecified atom stereocenters. The van der Waals surface area contributed by atoms with Gasteiger partial charge in [-0.1, -0.05) is 18.2 Å². The highest BCUT2D eigenvalue weighted by Gasteiger charge is 2.30. The van der Waals surface area contributed by atoms with E-state index in [0.29, 0.717) is 17.4 Å². The van der Waals surface area contributed by atoms with Crippen molar-refractivity contribution in [3.8, 4) is 0 Å². The molecule has 1 saturated carbocycles. The predicted octanol–water partition coefficient (Wildman–Crippen LogP) is 3.68. The number of nitrogens with zero attached hydrogens (tertiary/aromatic N) is 5. The molecule has 1 aliphatic heterocycles. The van der Waals surface area contributed by atoms with Gasteiger partial charge in [-0.2, -0.15) is 0 Å². The standard InChI is InChI=1S/C21H22FN5/c1-14-19(22)21(25-20(24-14)15-6-7-15)27-12-10-26(11-13-27)18-8-9-23-17-5-3-2-4-16(17)18/h2-5,8-9,15H,6-7,10-13H2,1H3. The zero-order chi connectivity index (χ0) is 18.4. The highest BCUT2D eigenvalue weighted by atomic mass is 19.1. The molecule has 2 aromatic heterocycles. The van der Waals surface area contributed by atoms with E-state index in [-0.39, 0.29) is 5.82 Å². The Balaban J connectivity index is 1.39. The lowest BCUT2D eigenvalue weighted by atomic mass is 10.1. The van der Waals surface area contributed by atoms with Gasteiger partial charge in [0.05, 0.1) is 11.2 Å². The van der Waals surface area contributed by atoms with Crippen LogP contribution in [0.15, 0.2) is 36.5 Å². The van der Waals surface area contributed by atoms with Crippen molar-refractivity contribution < 1.29 is 4.39 Å². The SMILES string of the molecule is Cc1nc(C2CC2)nc(N2CCN(c3ccnc4ccccc34)CC2)c1F. The number of benzene rings is 1. The predicted molar refractivity (Wildman–Crippen MR) is 105 cm³/mol. The summed E-state index contributed by atoms with van der Waals surface area (Å²) in [6.45, 7) is 4.89. The van der Waals surface area contributed by atoms with Gasteiger partial charge in [0, 0.05) is 49.4 Å². The number of hydrogen-bond donors (Lipinski definition) is 0. The van der Waals surface area contributed by atoms with Gasteiger partial charge in [0.25, 0.3) is 0 Å². The van der Waals surface area contributed by atoms with Crippen molar-refractivity contribution in [1.29, 1.82) is 0 Å². The molecular formula is C21H22FN5. The maximum Gasteiger partial charge on any atom is 0.186 e. The minimum Gasteiger partial charge on any atom is -0.367 e. The first kappa shape index (κ1) is 16.4. The Bertz CT molecular complexity index is 988. The summed E-state index contributed by atoms with van der Waals surface area (Å²) in [5, 5.41) is 1.16. The quantitative estimate of drug-likeness (QED) is 0.710. The maximum atomic E-state index is 14.7. The Morgan fingerprint density at radius 3 is 2.48 bits per heavy atom. The third-order valence-corrected chi connectivity index (χ3v) is 5.51. The van der Waals surface area contributed by atoms with Crippen molar-refractivity contribution >= 4 is 22.4 Å². The summed E-state index contributed by atoms with van der Waals surface area (Å²) in [6, 6.07) is 10.3. The molecule has 27 heavy (non-hydrogen) atoms. The lowest BCUT2D eigenvalue weighted by Crippen LogP contribution is -2.47. The van der Waals surface area contributed by atoms with E-state index in [1.54, 1.807) is 6.92 Å². The molecule has 0 radical (unpaired) electrons. The number of fused-ring (bicyclic) bond motifs is 1. The summed E-state index contributed by atoms with van der Waals surface area (Å²) < 4.78 is 14.7. The minimum atomic E-state index is -0.276. The van der Waals surface area contributed by atoms with Gasteiger partial charge >= 0.3 is 0 Å². The first-order chi connectivity index (χ1) is 13.2. The van der Waals surface area contributed by atoms with Gasteiger partial charge in [0.15, 0.2) is 11.6 Å². The van der Waals surface area contributed by atoms with Crippen LogP contribution in [0.1, 0.15) is 30.3 Å². The van der Waals surface area contributed by atoms with Crippen molar-refractivity contribution in [1.82, 2.24) is 15.0 Å². The number of aryl methyl sites for hydroxylation is 1. The summed E-state index contributed by atoms with van der Waals surface area (Å²) >= 11 is 0. The zero-order valence-corrected chi connectivity index (χ0v) is 15.4. The number of pyridine rings is 1. The summed E-state index contributed by atoms with van der Waals surface area (Å²) in [5.41, 5.74) is 2.66. The molecule has 1 aromatic carbocycles. The van der Waals surface area contributed by atoms with E-state index in [2.05, 4.69) is 36.9 Å². The van der Waals surface area contributed by atoms with E-state index in [1.807, 2.05) is 24.4 Å². The molecule has 5 rings (SSSR count). The molecule has 1 saturated heterocycles. The molecule has 2 fully saturated rings. The Kier molecular flexibility index (Phi) is 3.92. The number of hydrogen-bond acceptors (Lipinski definition) is 5. The highest BCUT2D eigenvalue weighted by Crippen LogP contribution is 2.39. The molecule has 138 valence electrons. The van der Waals surface area contributed by atoms with Crippen LogP contribution >= 0.6 is 0 Å². The maximum absolute atomic E-state index is 14.7. The molecular weight excluding hydrogens is 341 g/mol. The highest BCUT2D eigenvalue weighted by molar-refractivity contribution is 5.91. The molecule has 3 heterocycles. The Morgan fingerprint density at radius 2 is 1.70 bits per heavy atom. The molecule has 3 aromatic rings. The lowest BCUT2D eigenvalue weighted by molar-refractivity contribution is 0.570. The van der Waals surface area contributed by atoms with E-state index < -0.39 is 0 Å². The van der Waals surface area contributed by atoms with Crippen LogP contribution < -0.4 is 9.80 Å². The van der Waals surface area contributed by atoms with Gasteiger partial charge in [-0.15, -0.1) is 0 Å². The zero-order valence-electron chi connectivity index (χ0n) is 15.4. The normalized spacial score (nSPS) is 17.6. The van der Waals surface area contributed by atoms with Gasteiger partial charge in [0.1, 0.15) is 5.82 Å². The van der Waals surface area contributed by atoms with Gasteiger partial charge in [0.2, 0.25) is 0 Å². The monoisotopic (exact) mass is 363 g/mol. The van der Waals surface area contributed by atoms with Crippen LogP contribution in [0.2, 0.25) is 0 Å². The topological polar surface area (TPSA) is 45.2 Å². The number of aromatic nitrogens is 3. The fraction of sp³-hybridized carbons (Fsp3) is 0.381. The number of para-hydroxylation sites is 1. The van der Waals surface area contributed by atoms with Crippen LogP contribution in [-0.4, -0.2) is 41.1 Å². The van der Waals surface area contributed by atoms with Gasteiger partial charge in [-0.05, 0) is 31.9 Å². The number of piperazine rings is 1. The van der Waals surface area contributed by atoms with Gasteiger partial charge in [-0.25, -0.2) is 14.4 Å². The average Bonchev–Trinajstić information content (AvgIpc) is 3.55. The summed E-state index contributed by atoms with van der Waals surface area (Å²) in [7, 11) is 0. The van der Waals surface area contributed by atoms with Crippen LogP contribution in [-0.2, 0) is 0 Å². The smallest absolute Gasteiger partial charge is 0.186 e. The van der Waals surface area contributed by atoms with Crippen LogP contribution in [0.5, 0.6) is 0 Å². The third-order valence-electron chi connectivity index (χ3n) is 5.51. The Morgan fingerprint density at radius 1 is 0.963 bits per heavy atom. The minimum absolute atomic E-state index is 0.276. The second-order valence-electron chi connectivity index (χ2n) is 7.40. The molecule has 6 heteroatoms. The molecule has 2 aliphatic rings. The second-order valence-corrected chi connectivity index (χ2v) is 7.40. The first-order valence-electron chi connectivity index (χ1n) is 9.58. The van der Waals surface area contributed by atoms with Crippen molar-refractivity contribution in [3.05, 3.63) is 53.9 Å². The van der Waals surface area contributed by atoms with Crippen molar-refractivity contribution in [2.24, 2.45) is 0 Å². The molecule has 0 spiro atoms.